The lowest BCUT2D eigenvalue weighted by molar-refractivity contribution is -0.145. The van der Waals surface area contributed by atoms with Crippen LogP contribution in [0, 0.1) is 0 Å². The Morgan fingerprint density at radius 1 is 1.38 bits per heavy atom. The number of nitrogens with zero attached hydrogens (tertiary/aromatic N) is 1. The number of aliphatic hydroxyl groups is 2. The van der Waals surface area contributed by atoms with Crippen molar-refractivity contribution in [2.75, 3.05) is 6.61 Å². The molecule has 1 saturated heterocycles. The Balaban J connectivity index is 1.57. The Labute approximate surface area is 166 Å². The van der Waals surface area contributed by atoms with Crippen molar-refractivity contribution in [3.05, 3.63) is 24.4 Å². The first-order chi connectivity index (χ1) is 13.8. The summed E-state index contributed by atoms with van der Waals surface area (Å²) in [6, 6.07) is -0.959. The molecule has 3 rings (SSSR count). The SMILES string of the molecule is O=C(NC1C=CN(C2OC(CO)[C@H](O)C2(F)F)C(=O)N1)OC1/C=C/CCCCC1. The van der Waals surface area contributed by atoms with E-state index >= 15 is 0 Å². The highest BCUT2D eigenvalue weighted by Gasteiger charge is 2.61. The fourth-order valence-corrected chi connectivity index (χ4v) is 3.41. The van der Waals surface area contributed by atoms with E-state index in [-0.39, 0.29) is 6.10 Å². The molecule has 0 aromatic heterocycles. The van der Waals surface area contributed by atoms with E-state index in [2.05, 4.69) is 10.6 Å². The number of alkyl halides is 2. The molecule has 1 aliphatic carbocycles. The maximum atomic E-state index is 14.2. The molecule has 2 aliphatic heterocycles. The van der Waals surface area contributed by atoms with Crippen molar-refractivity contribution in [1.29, 1.82) is 0 Å². The van der Waals surface area contributed by atoms with Gasteiger partial charge in [-0.3, -0.25) is 10.2 Å². The van der Waals surface area contributed by atoms with Gasteiger partial charge in [0, 0.05) is 6.20 Å². The number of hydrogen-bond acceptors (Lipinski definition) is 6. The summed E-state index contributed by atoms with van der Waals surface area (Å²) < 4.78 is 38.6. The molecule has 9 nitrogen and oxygen atoms in total. The number of hydrogen-bond donors (Lipinski definition) is 4. The van der Waals surface area contributed by atoms with Gasteiger partial charge in [-0.05, 0) is 37.8 Å². The minimum atomic E-state index is -3.78. The molecular weight excluding hydrogens is 392 g/mol. The number of amides is 3. The summed E-state index contributed by atoms with van der Waals surface area (Å²) in [5, 5.41) is 23.4. The molecule has 3 aliphatic rings. The van der Waals surface area contributed by atoms with E-state index in [0.717, 1.165) is 31.9 Å². The first kappa shape index (κ1) is 21.5. The molecule has 4 N–H and O–H groups in total. The van der Waals surface area contributed by atoms with Gasteiger partial charge in [0.25, 0.3) is 0 Å². The van der Waals surface area contributed by atoms with Gasteiger partial charge < -0.3 is 25.0 Å². The van der Waals surface area contributed by atoms with Crippen molar-refractivity contribution in [1.82, 2.24) is 15.5 Å². The number of ether oxygens (including phenoxy) is 2. The van der Waals surface area contributed by atoms with Gasteiger partial charge in [0.15, 0.2) is 6.10 Å². The van der Waals surface area contributed by atoms with Crippen molar-refractivity contribution in [2.24, 2.45) is 0 Å². The monoisotopic (exact) mass is 417 g/mol. The van der Waals surface area contributed by atoms with Crippen LogP contribution in [0.4, 0.5) is 18.4 Å². The highest BCUT2D eigenvalue weighted by Crippen LogP contribution is 2.38. The number of aliphatic hydroxyl groups excluding tert-OH is 2. The zero-order chi connectivity index (χ0) is 21.0. The predicted octanol–water partition coefficient (Wildman–Crippen LogP) is 1.18. The van der Waals surface area contributed by atoms with E-state index < -0.39 is 49.3 Å². The lowest BCUT2D eigenvalue weighted by Crippen LogP contribution is -2.58. The first-order valence-electron chi connectivity index (χ1n) is 9.56. The highest BCUT2D eigenvalue weighted by atomic mass is 19.3. The summed E-state index contributed by atoms with van der Waals surface area (Å²) in [6.07, 6.45) is 2.91. The van der Waals surface area contributed by atoms with Gasteiger partial charge in [-0.25, -0.2) is 9.59 Å². The van der Waals surface area contributed by atoms with E-state index in [4.69, 9.17) is 14.6 Å². The molecule has 4 unspecified atom stereocenters. The number of nitrogens with one attached hydrogen (secondary N) is 2. The minimum absolute atomic E-state index is 0.363. The minimum Gasteiger partial charge on any atom is -0.442 e. The van der Waals surface area contributed by atoms with Gasteiger partial charge in [0.05, 0.1) is 6.61 Å². The average Bonchev–Trinajstić information content (AvgIpc) is 2.87. The Bertz CT molecular complexity index is 674. The van der Waals surface area contributed by atoms with Crippen LogP contribution in [0.15, 0.2) is 24.4 Å². The fourth-order valence-electron chi connectivity index (χ4n) is 3.41. The normalized spacial score (nSPS) is 35.4. The summed E-state index contributed by atoms with van der Waals surface area (Å²) in [5.74, 6) is -3.78. The highest BCUT2D eigenvalue weighted by molar-refractivity contribution is 5.78. The second-order valence-corrected chi connectivity index (χ2v) is 7.16. The summed E-state index contributed by atoms with van der Waals surface area (Å²) in [6.45, 7) is -0.821. The van der Waals surface area contributed by atoms with Crippen LogP contribution in [0.3, 0.4) is 0 Å². The second kappa shape index (κ2) is 9.06. The van der Waals surface area contributed by atoms with Gasteiger partial charge in [0.2, 0.25) is 6.23 Å². The van der Waals surface area contributed by atoms with Gasteiger partial charge in [-0.15, -0.1) is 0 Å². The third kappa shape index (κ3) is 4.85. The standard InChI is InChI=1S/C18H25F2N3O6/c19-18(20)14(25)12(10-24)29-15(18)23-9-8-13(21-16(23)26)22-17(27)28-11-6-4-2-1-3-5-7-11/h4,6,8-9,11-15,24-25H,1-3,5,7,10H2,(H,21,26)(H,22,27)/b6-4+/t11?,12?,13?,14-,15?/m0/s1. The molecular formula is C18H25F2N3O6. The molecule has 0 aromatic rings. The molecule has 0 saturated carbocycles. The van der Waals surface area contributed by atoms with Gasteiger partial charge in [-0.2, -0.15) is 8.78 Å². The maximum absolute atomic E-state index is 14.2. The molecule has 5 atom stereocenters. The van der Waals surface area contributed by atoms with E-state index in [9.17, 15) is 23.5 Å². The number of carbonyl (C=O) groups is 2. The van der Waals surface area contributed by atoms with Crippen molar-refractivity contribution in [2.45, 2.75) is 68.7 Å². The Hall–Kier alpha value is -2.24. The van der Waals surface area contributed by atoms with Crippen LogP contribution in [0.5, 0.6) is 0 Å². The van der Waals surface area contributed by atoms with Crippen LogP contribution in [0.25, 0.3) is 0 Å². The second-order valence-electron chi connectivity index (χ2n) is 7.16. The Morgan fingerprint density at radius 2 is 2.17 bits per heavy atom. The van der Waals surface area contributed by atoms with E-state index in [1.165, 1.54) is 6.08 Å². The molecule has 0 bridgehead atoms. The average molecular weight is 417 g/mol. The number of alkyl carbamates (subject to hydrolysis) is 1. The van der Waals surface area contributed by atoms with E-state index in [1.807, 2.05) is 12.2 Å². The van der Waals surface area contributed by atoms with Crippen LogP contribution >= 0.6 is 0 Å². The maximum Gasteiger partial charge on any atom is 0.409 e. The molecule has 11 heteroatoms. The van der Waals surface area contributed by atoms with E-state index in [1.54, 1.807) is 0 Å². The zero-order valence-electron chi connectivity index (χ0n) is 15.7. The Kier molecular flexibility index (Phi) is 6.70. The first-order valence-corrected chi connectivity index (χ1v) is 9.56. The number of allylic oxidation sites excluding steroid dienone is 1. The third-order valence-electron chi connectivity index (χ3n) is 5.01. The topological polar surface area (TPSA) is 120 Å². The summed E-state index contributed by atoms with van der Waals surface area (Å²) in [4.78, 5) is 24.9. The lowest BCUT2D eigenvalue weighted by Gasteiger charge is -2.33. The number of carbonyl (C=O) groups excluding carboxylic acids is 2. The van der Waals surface area contributed by atoms with Crippen LogP contribution in [0.2, 0.25) is 0 Å². The number of halogens is 2. The molecule has 29 heavy (non-hydrogen) atoms. The van der Waals surface area contributed by atoms with Crippen LogP contribution in [-0.2, 0) is 9.47 Å². The predicted molar refractivity (Wildman–Crippen MR) is 95.6 cm³/mol. The molecule has 3 amide bonds. The smallest absolute Gasteiger partial charge is 0.409 e. The number of urea groups is 1. The fraction of sp³-hybridized carbons (Fsp3) is 0.667. The largest absolute Gasteiger partial charge is 0.442 e. The summed E-state index contributed by atoms with van der Waals surface area (Å²) in [5.41, 5.74) is 0. The number of rotatable bonds is 4. The molecule has 0 aromatic carbocycles. The molecule has 162 valence electrons. The lowest BCUT2D eigenvalue weighted by atomic mass is 10.0. The third-order valence-corrected chi connectivity index (χ3v) is 5.01. The van der Waals surface area contributed by atoms with Gasteiger partial charge in [-0.1, -0.05) is 12.5 Å². The van der Waals surface area contributed by atoms with E-state index in [0.29, 0.717) is 11.3 Å². The van der Waals surface area contributed by atoms with Gasteiger partial charge in [0.1, 0.15) is 18.4 Å². The molecule has 0 spiro atoms. The van der Waals surface area contributed by atoms with Crippen molar-refractivity contribution < 1.29 is 38.1 Å². The Morgan fingerprint density at radius 3 is 2.86 bits per heavy atom. The summed E-state index contributed by atoms with van der Waals surface area (Å²) in [7, 11) is 0. The zero-order valence-corrected chi connectivity index (χ0v) is 15.7. The van der Waals surface area contributed by atoms with Crippen LogP contribution in [0.1, 0.15) is 32.1 Å². The summed E-state index contributed by atoms with van der Waals surface area (Å²) >= 11 is 0. The van der Waals surface area contributed by atoms with Crippen molar-refractivity contribution in [3.8, 4) is 0 Å². The van der Waals surface area contributed by atoms with Crippen molar-refractivity contribution in [3.63, 3.8) is 0 Å². The van der Waals surface area contributed by atoms with Crippen LogP contribution in [-0.4, -0.2) is 70.5 Å². The van der Waals surface area contributed by atoms with Crippen molar-refractivity contribution >= 4 is 12.1 Å². The molecule has 2 heterocycles. The molecule has 1 fully saturated rings. The molecule has 0 radical (unpaired) electrons. The quantitative estimate of drug-likeness (QED) is 0.510. The van der Waals surface area contributed by atoms with Gasteiger partial charge >= 0.3 is 18.0 Å². The van der Waals surface area contributed by atoms with Crippen LogP contribution < -0.4 is 10.6 Å².